The highest BCUT2D eigenvalue weighted by Gasteiger charge is 2.09. The van der Waals surface area contributed by atoms with Crippen molar-refractivity contribution in [1.82, 2.24) is 10.4 Å². The lowest BCUT2D eigenvalue weighted by Crippen LogP contribution is -2.29. The lowest BCUT2D eigenvalue weighted by Gasteiger charge is -2.14. The van der Waals surface area contributed by atoms with E-state index in [0.717, 1.165) is 40.3 Å². The van der Waals surface area contributed by atoms with Crippen LogP contribution in [0.25, 0.3) is 21.8 Å². The number of nitrogens with zero attached hydrogens (tertiary/aromatic N) is 1. The van der Waals surface area contributed by atoms with E-state index in [9.17, 15) is 4.79 Å². The molecule has 4 heteroatoms. The van der Waals surface area contributed by atoms with Crippen LogP contribution in [0.1, 0.15) is 96.8 Å². The third kappa shape index (κ3) is 8.34. The van der Waals surface area contributed by atoms with Crippen LogP contribution in [0.15, 0.2) is 48.5 Å². The van der Waals surface area contributed by atoms with Crippen molar-refractivity contribution in [2.75, 3.05) is 5.43 Å². The molecule has 3 aromatic rings. The number of benzene rings is 2. The minimum Gasteiger partial charge on any atom is -0.297 e. The van der Waals surface area contributed by atoms with Crippen LogP contribution in [0.4, 0.5) is 5.69 Å². The number of amides is 1. The summed E-state index contributed by atoms with van der Waals surface area (Å²) in [6.45, 7) is 2.27. The van der Waals surface area contributed by atoms with E-state index in [1.54, 1.807) is 0 Å². The van der Waals surface area contributed by atoms with Gasteiger partial charge in [-0.3, -0.25) is 15.6 Å². The fourth-order valence-corrected chi connectivity index (χ4v) is 4.47. The molecule has 0 aliphatic heterocycles. The summed E-state index contributed by atoms with van der Waals surface area (Å²) in [5.41, 5.74) is 8.85. The third-order valence-electron chi connectivity index (χ3n) is 6.42. The molecule has 0 aliphatic rings. The van der Waals surface area contributed by atoms with Gasteiger partial charge in [-0.2, -0.15) is 0 Å². The molecule has 0 saturated carbocycles. The molecule has 0 atom stereocenters. The first kappa shape index (κ1) is 25.0. The van der Waals surface area contributed by atoms with E-state index in [2.05, 4.69) is 17.8 Å². The van der Waals surface area contributed by atoms with Crippen molar-refractivity contribution in [2.45, 2.75) is 96.8 Å². The summed E-state index contributed by atoms with van der Waals surface area (Å²) in [5.74, 6) is 0.0445. The number of hydrogen-bond donors (Lipinski definition) is 2. The molecule has 0 saturated heterocycles. The van der Waals surface area contributed by atoms with Crippen LogP contribution in [-0.4, -0.2) is 10.9 Å². The average Bonchev–Trinajstić information content (AvgIpc) is 2.84. The zero-order chi connectivity index (χ0) is 23.1. The molecule has 0 aliphatic carbocycles. The summed E-state index contributed by atoms with van der Waals surface area (Å²) < 4.78 is 0. The number of anilines is 1. The van der Waals surface area contributed by atoms with Gasteiger partial charge in [-0.1, -0.05) is 120 Å². The van der Waals surface area contributed by atoms with Crippen molar-refractivity contribution in [3.05, 3.63) is 48.5 Å². The van der Waals surface area contributed by atoms with E-state index in [4.69, 9.17) is 4.98 Å². The van der Waals surface area contributed by atoms with E-state index < -0.39 is 0 Å². The van der Waals surface area contributed by atoms with Gasteiger partial charge in [0.2, 0.25) is 5.91 Å². The molecule has 1 aromatic heterocycles. The molecule has 2 aromatic carbocycles. The Balaban J connectivity index is 1.30. The molecule has 3 rings (SSSR count). The van der Waals surface area contributed by atoms with Gasteiger partial charge < -0.3 is 0 Å². The monoisotopic (exact) mass is 447 g/mol. The smallest absolute Gasteiger partial charge is 0.238 e. The molecular formula is C29H41N3O. The minimum absolute atomic E-state index is 0.0445. The molecule has 0 spiro atoms. The van der Waals surface area contributed by atoms with Gasteiger partial charge in [0.1, 0.15) is 0 Å². The number of para-hydroxylation sites is 2. The molecular weight excluding hydrogens is 406 g/mol. The summed E-state index contributed by atoms with van der Waals surface area (Å²) in [6.07, 6.45) is 17.6. The third-order valence-corrected chi connectivity index (χ3v) is 6.42. The average molecular weight is 448 g/mol. The summed E-state index contributed by atoms with van der Waals surface area (Å²) in [7, 11) is 0. The van der Waals surface area contributed by atoms with E-state index in [1.165, 1.54) is 70.6 Å². The van der Waals surface area contributed by atoms with Gasteiger partial charge in [0.15, 0.2) is 0 Å². The van der Waals surface area contributed by atoms with Crippen molar-refractivity contribution in [3.63, 3.8) is 0 Å². The van der Waals surface area contributed by atoms with Gasteiger partial charge in [-0.15, -0.1) is 0 Å². The molecule has 1 heterocycles. The van der Waals surface area contributed by atoms with Crippen molar-refractivity contribution in [1.29, 1.82) is 0 Å². The molecule has 1 amide bonds. The number of aromatic nitrogens is 1. The Bertz CT molecular complexity index is 931. The Morgan fingerprint density at radius 3 is 1.64 bits per heavy atom. The van der Waals surface area contributed by atoms with Crippen LogP contribution >= 0.6 is 0 Å². The van der Waals surface area contributed by atoms with Gasteiger partial charge in [0, 0.05) is 17.2 Å². The minimum atomic E-state index is 0.0445. The number of rotatable bonds is 16. The van der Waals surface area contributed by atoms with Gasteiger partial charge in [-0.05, 0) is 18.6 Å². The zero-order valence-electron chi connectivity index (χ0n) is 20.4. The SMILES string of the molecule is CCCCCCCCCCCCCCCC(=O)NNc1c2ccccc2nc2ccccc12. The second-order valence-corrected chi connectivity index (χ2v) is 9.19. The zero-order valence-corrected chi connectivity index (χ0v) is 20.4. The molecule has 4 nitrogen and oxygen atoms in total. The largest absolute Gasteiger partial charge is 0.297 e. The highest BCUT2D eigenvalue weighted by molar-refractivity contribution is 6.07. The van der Waals surface area contributed by atoms with Crippen LogP contribution in [0, 0.1) is 0 Å². The number of nitrogens with one attached hydrogen (secondary N) is 2. The van der Waals surface area contributed by atoms with Crippen LogP contribution in [-0.2, 0) is 4.79 Å². The molecule has 0 bridgehead atoms. The van der Waals surface area contributed by atoms with Crippen molar-refractivity contribution in [2.24, 2.45) is 0 Å². The fraction of sp³-hybridized carbons (Fsp3) is 0.517. The molecule has 0 radical (unpaired) electrons. The quantitative estimate of drug-likeness (QED) is 0.132. The summed E-state index contributed by atoms with van der Waals surface area (Å²) in [5, 5.41) is 2.02. The van der Waals surface area contributed by atoms with E-state index in [0.29, 0.717) is 6.42 Å². The Morgan fingerprint density at radius 2 is 1.12 bits per heavy atom. The molecule has 33 heavy (non-hydrogen) atoms. The first-order valence-electron chi connectivity index (χ1n) is 13.1. The second kappa shape index (κ2) is 14.5. The highest BCUT2D eigenvalue weighted by atomic mass is 16.2. The summed E-state index contributed by atoms with van der Waals surface area (Å²) in [6, 6.07) is 16.1. The van der Waals surface area contributed by atoms with Crippen molar-refractivity contribution < 1.29 is 4.79 Å². The maximum atomic E-state index is 12.4. The normalized spacial score (nSPS) is 11.2. The maximum absolute atomic E-state index is 12.4. The van der Waals surface area contributed by atoms with E-state index in [-0.39, 0.29) is 5.91 Å². The predicted molar refractivity (Wildman–Crippen MR) is 141 cm³/mol. The number of carbonyl (C=O) groups excluding carboxylic acids is 1. The van der Waals surface area contributed by atoms with Gasteiger partial charge >= 0.3 is 0 Å². The van der Waals surface area contributed by atoms with Crippen LogP contribution in [0.3, 0.4) is 0 Å². The summed E-state index contributed by atoms with van der Waals surface area (Å²) >= 11 is 0. The number of fused-ring (bicyclic) bond motifs is 2. The fourth-order valence-electron chi connectivity index (χ4n) is 4.47. The molecule has 0 unspecified atom stereocenters. The predicted octanol–water partition coefficient (Wildman–Crippen LogP) is 8.31. The van der Waals surface area contributed by atoms with Crippen LogP contribution < -0.4 is 10.9 Å². The van der Waals surface area contributed by atoms with Gasteiger partial charge in [0.05, 0.1) is 16.7 Å². The maximum Gasteiger partial charge on any atom is 0.238 e. The van der Waals surface area contributed by atoms with E-state index in [1.807, 2.05) is 48.5 Å². The molecule has 0 fully saturated rings. The first-order chi connectivity index (χ1) is 16.3. The van der Waals surface area contributed by atoms with Crippen LogP contribution in [0.5, 0.6) is 0 Å². The standard InChI is InChI=1S/C29H41N3O/c1-2-3-4-5-6-7-8-9-10-11-12-13-14-23-28(33)31-32-29-24-19-15-17-21-26(24)30-27-22-18-16-20-25(27)29/h15-22H,2-14,23H2,1H3,(H,30,32)(H,31,33). The van der Waals surface area contributed by atoms with Gasteiger partial charge in [0.25, 0.3) is 0 Å². The lowest BCUT2D eigenvalue weighted by atomic mass is 10.0. The number of unbranched alkanes of at least 4 members (excludes halogenated alkanes) is 12. The topological polar surface area (TPSA) is 54.0 Å². The van der Waals surface area contributed by atoms with Gasteiger partial charge in [-0.25, -0.2) is 4.98 Å². The number of hydrogen-bond acceptors (Lipinski definition) is 3. The lowest BCUT2D eigenvalue weighted by molar-refractivity contribution is -0.120. The number of carbonyl (C=O) groups is 1. The van der Waals surface area contributed by atoms with Crippen LogP contribution in [0.2, 0.25) is 0 Å². The Kier molecular flexibility index (Phi) is 11.0. The Morgan fingerprint density at radius 1 is 0.667 bits per heavy atom. The Hall–Kier alpha value is -2.62. The molecule has 178 valence electrons. The number of hydrazine groups is 1. The second-order valence-electron chi connectivity index (χ2n) is 9.19. The highest BCUT2D eigenvalue weighted by Crippen LogP contribution is 2.29. The van der Waals surface area contributed by atoms with E-state index >= 15 is 0 Å². The molecule has 2 N–H and O–H groups in total. The first-order valence-corrected chi connectivity index (χ1v) is 13.1. The summed E-state index contributed by atoms with van der Waals surface area (Å²) in [4.78, 5) is 17.1. The van der Waals surface area contributed by atoms with Crippen molar-refractivity contribution >= 4 is 33.4 Å². The number of pyridine rings is 1. The Labute approximate surface area is 199 Å². The van der Waals surface area contributed by atoms with Crippen molar-refractivity contribution in [3.8, 4) is 0 Å².